The van der Waals surface area contributed by atoms with E-state index in [0.29, 0.717) is 23.1 Å². The van der Waals surface area contributed by atoms with Crippen molar-refractivity contribution in [3.05, 3.63) is 33.8 Å². The van der Waals surface area contributed by atoms with Gasteiger partial charge in [0.25, 0.3) is 0 Å². The summed E-state index contributed by atoms with van der Waals surface area (Å²) in [6, 6.07) is 5.36. The highest BCUT2D eigenvalue weighted by Crippen LogP contribution is 2.23. The third-order valence-electron chi connectivity index (χ3n) is 3.59. The summed E-state index contributed by atoms with van der Waals surface area (Å²) in [5, 5.41) is 11.6. The third kappa shape index (κ3) is 4.34. The second-order valence-electron chi connectivity index (χ2n) is 5.22. The maximum Gasteiger partial charge on any atom is 0.0964 e. The van der Waals surface area contributed by atoms with E-state index in [0.717, 1.165) is 31.6 Å². The molecule has 20 heavy (non-hydrogen) atoms. The molecule has 0 saturated carbocycles. The summed E-state index contributed by atoms with van der Waals surface area (Å²) >= 11 is 12.0. The Morgan fingerprint density at radius 2 is 2.25 bits per heavy atom. The molecular formula is C15H21Cl2NO2. The van der Waals surface area contributed by atoms with Crippen LogP contribution in [0.3, 0.4) is 0 Å². The Balaban J connectivity index is 1.95. The molecule has 1 aromatic rings. The lowest BCUT2D eigenvalue weighted by molar-refractivity contribution is -0.0877. The Bertz CT molecular complexity index is 440. The van der Waals surface area contributed by atoms with Gasteiger partial charge in [0.1, 0.15) is 0 Å². The molecule has 1 heterocycles. The largest absolute Gasteiger partial charge is 0.390 e. The summed E-state index contributed by atoms with van der Waals surface area (Å²) in [7, 11) is 0. The van der Waals surface area contributed by atoms with Gasteiger partial charge in [-0.2, -0.15) is 0 Å². The number of halogens is 2. The van der Waals surface area contributed by atoms with Crippen LogP contribution in [0, 0.1) is 0 Å². The van der Waals surface area contributed by atoms with Crippen molar-refractivity contribution in [3.63, 3.8) is 0 Å². The van der Waals surface area contributed by atoms with Crippen molar-refractivity contribution in [1.29, 1.82) is 0 Å². The number of hydrogen-bond donors (Lipinski definition) is 1. The molecule has 1 aromatic carbocycles. The molecule has 2 unspecified atom stereocenters. The number of nitrogens with zero attached hydrogens (tertiary/aromatic N) is 1. The molecule has 1 N–H and O–H groups in total. The average Bonchev–Trinajstić information content (AvgIpc) is 2.42. The van der Waals surface area contributed by atoms with Crippen molar-refractivity contribution in [3.8, 4) is 0 Å². The van der Waals surface area contributed by atoms with Gasteiger partial charge in [-0.15, -0.1) is 0 Å². The third-order valence-corrected chi connectivity index (χ3v) is 4.18. The Kier molecular flexibility index (Phi) is 6.12. The van der Waals surface area contributed by atoms with Gasteiger partial charge < -0.3 is 9.84 Å². The quantitative estimate of drug-likeness (QED) is 0.906. The van der Waals surface area contributed by atoms with E-state index in [-0.39, 0.29) is 6.10 Å². The SMILES string of the molecule is CCCN1CCOC(C(O)Cc2ccc(Cl)cc2Cl)C1. The number of aliphatic hydroxyl groups is 1. The number of hydrogen-bond acceptors (Lipinski definition) is 3. The van der Waals surface area contributed by atoms with E-state index < -0.39 is 6.10 Å². The second-order valence-corrected chi connectivity index (χ2v) is 6.06. The molecule has 2 atom stereocenters. The lowest BCUT2D eigenvalue weighted by atomic mass is 10.0. The lowest BCUT2D eigenvalue weighted by Gasteiger charge is -2.35. The molecule has 1 saturated heterocycles. The molecule has 2 rings (SSSR count). The highest BCUT2D eigenvalue weighted by Gasteiger charge is 2.27. The molecule has 5 heteroatoms. The molecule has 3 nitrogen and oxygen atoms in total. The van der Waals surface area contributed by atoms with Gasteiger partial charge in [-0.1, -0.05) is 36.2 Å². The second kappa shape index (κ2) is 7.62. The highest BCUT2D eigenvalue weighted by molar-refractivity contribution is 6.35. The summed E-state index contributed by atoms with van der Waals surface area (Å²) in [6.45, 7) is 5.61. The van der Waals surface area contributed by atoms with Crippen molar-refractivity contribution < 1.29 is 9.84 Å². The molecule has 1 aliphatic rings. The Morgan fingerprint density at radius 3 is 2.95 bits per heavy atom. The number of benzene rings is 1. The van der Waals surface area contributed by atoms with Gasteiger partial charge in [-0.25, -0.2) is 0 Å². The van der Waals surface area contributed by atoms with Crippen LogP contribution in [0.5, 0.6) is 0 Å². The van der Waals surface area contributed by atoms with Crippen LogP contribution in [0.25, 0.3) is 0 Å². The molecular weight excluding hydrogens is 297 g/mol. The van der Waals surface area contributed by atoms with Gasteiger partial charge in [0.2, 0.25) is 0 Å². The standard InChI is InChI=1S/C15H21Cl2NO2/c1-2-5-18-6-7-20-15(10-18)14(19)8-11-3-4-12(16)9-13(11)17/h3-4,9,14-15,19H,2,5-8,10H2,1H3. The monoisotopic (exact) mass is 317 g/mol. The van der Waals surface area contributed by atoms with E-state index in [1.807, 2.05) is 6.07 Å². The molecule has 0 spiro atoms. The number of aliphatic hydroxyl groups excluding tert-OH is 1. The van der Waals surface area contributed by atoms with Crippen LogP contribution in [0.4, 0.5) is 0 Å². The van der Waals surface area contributed by atoms with Crippen molar-refractivity contribution >= 4 is 23.2 Å². The van der Waals surface area contributed by atoms with Crippen LogP contribution < -0.4 is 0 Å². The summed E-state index contributed by atoms with van der Waals surface area (Å²) in [6.07, 6.45) is 0.905. The Labute approximate surface area is 130 Å². The molecule has 0 radical (unpaired) electrons. The Hall–Kier alpha value is -0.320. The van der Waals surface area contributed by atoms with Gasteiger partial charge in [-0.3, -0.25) is 4.90 Å². The molecule has 1 fully saturated rings. The van der Waals surface area contributed by atoms with Gasteiger partial charge in [0.05, 0.1) is 18.8 Å². The van der Waals surface area contributed by atoms with Crippen LogP contribution in [-0.4, -0.2) is 48.5 Å². The van der Waals surface area contributed by atoms with Crippen LogP contribution in [0.15, 0.2) is 18.2 Å². The average molecular weight is 318 g/mol. The van der Waals surface area contributed by atoms with Crippen molar-refractivity contribution in [1.82, 2.24) is 4.90 Å². The predicted molar refractivity (Wildman–Crippen MR) is 82.6 cm³/mol. The minimum Gasteiger partial charge on any atom is -0.390 e. The lowest BCUT2D eigenvalue weighted by Crippen LogP contribution is -2.48. The zero-order chi connectivity index (χ0) is 14.5. The maximum atomic E-state index is 10.4. The smallest absolute Gasteiger partial charge is 0.0964 e. The number of morpholine rings is 1. The fourth-order valence-corrected chi connectivity index (χ4v) is 3.01. The normalized spacial score (nSPS) is 21.9. The minimum absolute atomic E-state index is 0.151. The highest BCUT2D eigenvalue weighted by atomic mass is 35.5. The summed E-state index contributed by atoms with van der Waals surface area (Å²) in [5.74, 6) is 0. The van der Waals surface area contributed by atoms with Crippen LogP contribution in [0.2, 0.25) is 10.0 Å². The molecule has 0 bridgehead atoms. The first-order valence-electron chi connectivity index (χ1n) is 7.06. The van der Waals surface area contributed by atoms with E-state index in [4.69, 9.17) is 27.9 Å². The molecule has 0 amide bonds. The Morgan fingerprint density at radius 1 is 1.45 bits per heavy atom. The minimum atomic E-state index is -0.548. The van der Waals surface area contributed by atoms with Gasteiger partial charge in [0, 0.05) is 29.6 Å². The van der Waals surface area contributed by atoms with Crippen molar-refractivity contribution in [2.75, 3.05) is 26.2 Å². The molecule has 0 aromatic heterocycles. The summed E-state index contributed by atoms with van der Waals surface area (Å²) < 4.78 is 5.69. The predicted octanol–water partition coefficient (Wildman–Crippen LogP) is 3.01. The first-order chi connectivity index (χ1) is 9.60. The van der Waals surface area contributed by atoms with Crippen molar-refractivity contribution in [2.45, 2.75) is 32.0 Å². The van der Waals surface area contributed by atoms with E-state index in [2.05, 4.69) is 11.8 Å². The first-order valence-corrected chi connectivity index (χ1v) is 7.81. The van der Waals surface area contributed by atoms with Gasteiger partial charge >= 0.3 is 0 Å². The number of rotatable bonds is 5. The topological polar surface area (TPSA) is 32.7 Å². The summed E-state index contributed by atoms with van der Waals surface area (Å²) in [5.41, 5.74) is 0.903. The van der Waals surface area contributed by atoms with Crippen LogP contribution in [0.1, 0.15) is 18.9 Å². The fourth-order valence-electron chi connectivity index (χ4n) is 2.53. The maximum absolute atomic E-state index is 10.4. The van der Waals surface area contributed by atoms with E-state index >= 15 is 0 Å². The fraction of sp³-hybridized carbons (Fsp3) is 0.600. The van der Waals surface area contributed by atoms with Crippen molar-refractivity contribution in [2.24, 2.45) is 0 Å². The summed E-state index contributed by atoms with van der Waals surface area (Å²) in [4.78, 5) is 2.33. The van der Waals surface area contributed by atoms with Crippen LogP contribution >= 0.6 is 23.2 Å². The molecule has 1 aliphatic heterocycles. The van der Waals surface area contributed by atoms with E-state index in [1.54, 1.807) is 12.1 Å². The molecule has 0 aliphatic carbocycles. The molecule has 112 valence electrons. The van der Waals surface area contributed by atoms with Gasteiger partial charge in [-0.05, 0) is 30.7 Å². The zero-order valence-corrected chi connectivity index (χ0v) is 13.2. The van der Waals surface area contributed by atoms with E-state index in [9.17, 15) is 5.11 Å². The zero-order valence-electron chi connectivity index (χ0n) is 11.7. The van der Waals surface area contributed by atoms with E-state index in [1.165, 1.54) is 0 Å². The van der Waals surface area contributed by atoms with Crippen LogP contribution in [-0.2, 0) is 11.2 Å². The first kappa shape index (κ1) is 16.1. The van der Waals surface area contributed by atoms with Gasteiger partial charge in [0.15, 0.2) is 0 Å². The number of ether oxygens (including phenoxy) is 1.